The van der Waals surface area contributed by atoms with Crippen LogP contribution in [0.25, 0.3) is 0 Å². The smallest absolute Gasteiger partial charge is 0.417 e. The van der Waals surface area contributed by atoms with Crippen molar-refractivity contribution in [3.05, 3.63) is 61.9 Å². The lowest BCUT2D eigenvalue weighted by Gasteiger charge is -2.11. The van der Waals surface area contributed by atoms with Gasteiger partial charge in [-0.2, -0.15) is 13.2 Å². The third kappa shape index (κ3) is 5.75. The Morgan fingerprint density at radius 3 is 2.68 bits per heavy atom. The van der Waals surface area contributed by atoms with Crippen LogP contribution in [0.1, 0.15) is 25.9 Å². The van der Waals surface area contributed by atoms with E-state index in [9.17, 15) is 18.0 Å². The summed E-state index contributed by atoms with van der Waals surface area (Å²) in [5.41, 5.74) is -0.672. The minimum Gasteiger partial charge on any atom is -0.480 e. The molecular formula is C18H14Cl2F3N5O2S. The summed E-state index contributed by atoms with van der Waals surface area (Å²) in [6.45, 7) is 0.366. The zero-order chi connectivity index (χ0) is 22.6. The minimum absolute atomic E-state index is 0.00674. The lowest BCUT2D eigenvalue weighted by Crippen LogP contribution is -2.24. The second-order valence-electron chi connectivity index (χ2n) is 5.99. The summed E-state index contributed by atoms with van der Waals surface area (Å²) in [7, 11) is 1.37. The van der Waals surface area contributed by atoms with E-state index in [1.807, 2.05) is 0 Å². The second-order valence-corrected chi connectivity index (χ2v) is 7.98. The van der Waals surface area contributed by atoms with E-state index in [1.54, 1.807) is 6.20 Å². The number of carbonyl (C=O) groups excluding carboxylic acids is 1. The molecule has 0 spiro atoms. The Morgan fingerprint density at radius 1 is 1.19 bits per heavy atom. The summed E-state index contributed by atoms with van der Waals surface area (Å²) in [5.74, 6) is -0.443. The van der Waals surface area contributed by atoms with Crippen LogP contribution in [0.2, 0.25) is 10.0 Å². The Morgan fingerprint density at radius 2 is 1.97 bits per heavy atom. The molecule has 3 aromatic rings. The van der Waals surface area contributed by atoms with Crippen LogP contribution in [0.15, 0.2) is 30.7 Å². The molecule has 0 fully saturated rings. The Balaban J connectivity index is 1.58. The number of anilines is 1. The fraction of sp³-hybridized carbons (Fsp3) is 0.222. The second kappa shape index (κ2) is 9.67. The van der Waals surface area contributed by atoms with Crippen LogP contribution in [0.4, 0.5) is 18.9 Å². The number of aromatic nitrogens is 3. The van der Waals surface area contributed by atoms with Crippen LogP contribution in [-0.4, -0.2) is 28.0 Å². The predicted molar refractivity (Wildman–Crippen MR) is 111 cm³/mol. The van der Waals surface area contributed by atoms with Crippen LogP contribution >= 0.6 is 34.5 Å². The summed E-state index contributed by atoms with van der Waals surface area (Å²) in [6.07, 6.45) is -1.81. The average molecular weight is 492 g/mol. The van der Waals surface area contributed by atoms with Crippen LogP contribution in [0, 0.1) is 0 Å². The van der Waals surface area contributed by atoms with Crippen molar-refractivity contribution < 1.29 is 22.7 Å². The fourth-order valence-electron chi connectivity index (χ4n) is 2.45. The molecule has 2 aromatic heterocycles. The van der Waals surface area contributed by atoms with Gasteiger partial charge in [0, 0.05) is 16.8 Å². The average Bonchev–Trinajstić information content (AvgIpc) is 3.18. The number of rotatable bonds is 7. The Bertz CT molecular complexity index is 1090. The number of benzene rings is 1. The number of amides is 1. The normalized spacial score (nSPS) is 11.3. The van der Waals surface area contributed by atoms with E-state index in [-0.39, 0.29) is 40.4 Å². The van der Waals surface area contributed by atoms with Gasteiger partial charge in [0.25, 0.3) is 5.91 Å². The highest BCUT2D eigenvalue weighted by Crippen LogP contribution is 2.36. The van der Waals surface area contributed by atoms with Crippen molar-refractivity contribution in [2.24, 2.45) is 0 Å². The third-order valence-corrected chi connectivity index (χ3v) is 5.57. The van der Waals surface area contributed by atoms with Crippen molar-refractivity contribution in [3.63, 3.8) is 0 Å². The lowest BCUT2D eigenvalue weighted by atomic mass is 10.2. The molecule has 0 saturated heterocycles. The number of nitrogens with zero attached hydrogens (tertiary/aromatic N) is 3. The topological polar surface area (TPSA) is 89.0 Å². The summed E-state index contributed by atoms with van der Waals surface area (Å²) >= 11 is 12.9. The zero-order valence-electron chi connectivity index (χ0n) is 15.8. The van der Waals surface area contributed by atoms with E-state index in [4.69, 9.17) is 27.9 Å². The van der Waals surface area contributed by atoms with Gasteiger partial charge in [-0.1, -0.05) is 23.2 Å². The molecule has 0 radical (unpaired) electrons. The van der Waals surface area contributed by atoms with Gasteiger partial charge in [-0.25, -0.2) is 15.0 Å². The quantitative estimate of drug-likeness (QED) is 0.492. The number of alkyl halides is 3. The van der Waals surface area contributed by atoms with Crippen molar-refractivity contribution in [1.29, 1.82) is 0 Å². The Hall–Kier alpha value is -2.63. The van der Waals surface area contributed by atoms with Gasteiger partial charge in [0.1, 0.15) is 16.4 Å². The van der Waals surface area contributed by atoms with Gasteiger partial charge in [-0.05, 0) is 18.2 Å². The largest absolute Gasteiger partial charge is 0.480 e. The number of hydrogen-bond acceptors (Lipinski definition) is 7. The molecule has 164 valence electrons. The monoisotopic (exact) mass is 491 g/mol. The van der Waals surface area contributed by atoms with Crippen molar-refractivity contribution in [1.82, 2.24) is 20.3 Å². The van der Waals surface area contributed by atoms with E-state index in [1.165, 1.54) is 30.6 Å². The van der Waals surface area contributed by atoms with E-state index < -0.39 is 17.6 Å². The Labute approximate surface area is 188 Å². The molecule has 2 heterocycles. The number of hydrogen-bond donors (Lipinski definition) is 2. The molecule has 0 bridgehead atoms. The maximum absolute atomic E-state index is 13.0. The van der Waals surface area contributed by atoms with Gasteiger partial charge in [0.2, 0.25) is 5.88 Å². The van der Waals surface area contributed by atoms with Gasteiger partial charge in [0.15, 0.2) is 5.69 Å². The van der Waals surface area contributed by atoms with Crippen molar-refractivity contribution >= 4 is 46.1 Å². The molecule has 0 aliphatic carbocycles. The molecule has 3 rings (SSSR count). The maximum Gasteiger partial charge on any atom is 0.417 e. The van der Waals surface area contributed by atoms with Crippen molar-refractivity contribution in [2.75, 3.05) is 12.4 Å². The lowest BCUT2D eigenvalue weighted by molar-refractivity contribution is -0.137. The zero-order valence-corrected chi connectivity index (χ0v) is 18.1. The molecule has 2 N–H and O–H groups in total. The van der Waals surface area contributed by atoms with Crippen LogP contribution in [0.5, 0.6) is 5.88 Å². The number of thiazole rings is 1. The molecule has 0 aliphatic heterocycles. The molecule has 31 heavy (non-hydrogen) atoms. The van der Waals surface area contributed by atoms with Crippen molar-refractivity contribution in [3.8, 4) is 5.88 Å². The van der Waals surface area contributed by atoms with Gasteiger partial charge < -0.3 is 15.4 Å². The highest BCUT2D eigenvalue weighted by molar-refractivity contribution is 7.11. The first-order valence-corrected chi connectivity index (χ1v) is 10.1. The highest BCUT2D eigenvalue weighted by atomic mass is 35.5. The summed E-state index contributed by atoms with van der Waals surface area (Å²) in [6, 6.07) is 3.59. The fourth-order valence-corrected chi connectivity index (χ4v) is 3.73. The SMILES string of the molecule is COc1ncnc(C(=O)NCc2ncc(CNc3ccc(Cl)c(C(F)(F)F)c3)s2)c1Cl. The molecule has 1 aromatic carbocycles. The first kappa shape index (κ1) is 23.0. The molecular weight excluding hydrogens is 478 g/mol. The van der Waals surface area contributed by atoms with E-state index >= 15 is 0 Å². The van der Waals surface area contributed by atoms with Gasteiger partial charge >= 0.3 is 6.18 Å². The van der Waals surface area contributed by atoms with E-state index in [2.05, 4.69) is 25.6 Å². The number of halogens is 5. The molecule has 0 saturated carbocycles. The van der Waals surface area contributed by atoms with Crippen LogP contribution < -0.4 is 15.4 Å². The summed E-state index contributed by atoms with van der Waals surface area (Å²) < 4.78 is 43.8. The molecule has 13 heteroatoms. The van der Waals surface area contributed by atoms with Crippen LogP contribution in [-0.2, 0) is 19.3 Å². The van der Waals surface area contributed by atoms with E-state index in [0.29, 0.717) is 5.01 Å². The predicted octanol–water partition coefficient (Wildman–Crippen LogP) is 4.81. The minimum atomic E-state index is -4.54. The molecule has 0 atom stereocenters. The number of nitrogens with one attached hydrogen (secondary N) is 2. The molecule has 0 aliphatic rings. The maximum atomic E-state index is 13.0. The molecule has 1 amide bonds. The number of ether oxygens (including phenoxy) is 1. The van der Waals surface area contributed by atoms with Crippen LogP contribution in [0.3, 0.4) is 0 Å². The summed E-state index contributed by atoms with van der Waals surface area (Å²) in [5, 5.41) is 5.76. The number of methoxy groups -OCH3 is 1. The van der Waals surface area contributed by atoms with Gasteiger partial charge in [-0.15, -0.1) is 11.3 Å². The highest BCUT2D eigenvalue weighted by Gasteiger charge is 2.33. The third-order valence-electron chi connectivity index (χ3n) is 3.91. The first-order chi connectivity index (χ1) is 14.7. The first-order valence-electron chi connectivity index (χ1n) is 8.56. The molecule has 7 nitrogen and oxygen atoms in total. The standard InChI is InChI=1S/C18H14Cl2F3N5O2S/c1-30-17-14(20)15(27-8-28-17)16(29)26-7-13-25-6-10(31-13)5-24-9-2-3-12(19)11(4-9)18(21,22)23/h2-4,6,8,24H,5,7H2,1H3,(H,26,29). The summed E-state index contributed by atoms with van der Waals surface area (Å²) in [4.78, 5) is 24.9. The molecule has 0 unspecified atom stereocenters. The van der Waals surface area contributed by atoms with Gasteiger partial charge in [-0.3, -0.25) is 4.79 Å². The van der Waals surface area contributed by atoms with Crippen molar-refractivity contribution in [2.45, 2.75) is 19.3 Å². The van der Waals surface area contributed by atoms with Gasteiger partial charge in [0.05, 0.1) is 30.8 Å². The Kier molecular flexibility index (Phi) is 7.19. The number of carbonyl (C=O) groups is 1. The van der Waals surface area contributed by atoms with E-state index in [0.717, 1.165) is 17.3 Å².